The van der Waals surface area contributed by atoms with Crippen LogP contribution in [0.4, 0.5) is 0 Å². The number of carbonyl (C=O) groups is 1. The lowest BCUT2D eigenvalue weighted by atomic mass is 9.64. The molecule has 0 fully saturated rings. The number of allylic oxidation sites excluding steroid dienone is 4. The lowest BCUT2D eigenvalue weighted by Gasteiger charge is -2.39. The maximum absolute atomic E-state index is 12.2. The first-order chi connectivity index (χ1) is 7.24. The number of rotatable bonds is 2. The standard InChI is InChI=1S/C15H24O/c1-10(2)7-13(16)14-12(4)8-11(3)9-15(14,5)6/h7-8,11,14H,9H2,1-6H3. The van der Waals surface area contributed by atoms with E-state index in [1.165, 1.54) is 5.57 Å². The van der Waals surface area contributed by atoms with Crippen molar-refractivity contribution in [3.63, 3.8) is 0 Å². The van der Waals surface area contributed by atoms with Gasteiger partial charge in [0.25, 0.3) is 0 Å². The molecule has 1 rings (SSSR count). The van der Waals surface area contributed by atoms with Crippen LogP contribution >= 0.6 is 0 Å². The van der Waals surface area contributed by atoms with E-state index in [1.54, 1.807) is 6.08 Å². The highest BCUT2D eigenvalue weighted by Gasteiger charge is 2.38. The monoisotopic (exact) mass is 220 g/mol. The molecule has 0 heterocycles. The van der Waals surface area contributed by atoms with Gasteiger partial charge in [0.15, 0.2) is 5.78 Å². The molecule has 1 heteroatoms. The molecule has 1 nitrogen and oxygen atoms in total. The van der Waals surface area contributed by atoms with Gasteiger partial charge < -0.3 is 0 Å². The van der Waals surface area contributed by atoms with Gasteiger partial charge in [-0.3, -0.25) is 4.79 Å². The number of ketones is 1. The molecule has 0 aromatic heterocycles. The van der Waals surface area contributed by atoms with Crippen LogP contribution < -0.4 is 0 Å². The topological polar surface area (TPSA) is 17.1 Å². The minimum atomic E-state index is 0.0681. The summed E-state index contributed by atoms with van der Waals surface area (Å²) < 4.78 is 0. The molecule has 0 saturated carbocycles. The van der Waals surface area contributed by atoms with Crippen molar-refractivity contribution in [2.75, 3.05) is 0 Å². The lowest BCUT2D eigenvalue weighted by molar-refractivity contribution is -0.120. The van der Waals surface area contributed by atoms with E-state index in [9.17, 15) is 4.79 Å². The third kappa shape index (κ3) is 2.84. The first kappa shape index (κ1) is 13.2. The Balaban J connectivity index is 3.06. The van der Waals surface area contributed by atoms with Gasteiger partial charge in [-0.2, -0.15) is 0 Å². The average molecular weight is 220 g/mol. The molecule has 0 aromatic carbocycles. The molecule has 0 radical (unpaired) electrons. The zero-order chi connectivity index (χ0) is 12.5. The maximum Gasteiger partial charge on any atom is 0.163 e. The summed E-state index contributed by atoms with van der Waals surface area (Å²) in [5.74, 6) is 0.926. The zero-order valence-electron chi connectivity index (χ0n) is 11.4. The fraction of sp³-hybridized carbons (Fsp3) is 0.667. The summed E-state index contributed by atoms with van der Waals surface area (Å²) >= 11 is 0. The predicted molar refractivity (Wildman–Crippen MR) is 69.2 cm³/mol. The van der Waals surface area contributed by atoms with Gasteiger partial charge in [-0.25, -0.2) is 0 Å². The van der Waals surface area contributed by atoms with E-state index in [2.05, 4.69) is 33.8 Å². The summed E-state index contributed by atoms with van der Waals surface area (Å²) in [6.45, 7) is 12.7. The van der Waals surface area contributed by atoms with E-state index >= 15 is 0 Å². The molecular weight excluding hydrogens is 196 g/mol. The number of hydrogen-bond donors (Lipinski definition) is 0. The van der Waals surface area contributed by atoms with Gasteiger partial charge in [0, 0.05) is 5.92 Å². The van der Waals surface area contributed by atoms with Gasteiger partial charge in [0.05, 0.1) is 0 Å². The molecule has 0 N–H and O–H groups in total. The Morgan fingerprint density at radius 1 is 1.44 bits per heavy atom. The van der Waals surface area contributed by atoms with Crippen molar-refractivity contribution in [3.8, 4) is 0 Å². The number of carbonyl (C=O) groups excluding carboxylic acids is 1. The second-order valence-corrected chi connectivity index (χ2v) is 6.14. The van der Waals surface area contributed by atoms with Gasteiger partial charge >= 0.3 is 0 Å². The highest BCUT2D eigenvalue weighted by molar-refractivity contribution is 5.94. The third-order valence-corrected chi connectivity index (χ3v) is 3.35. The van der Waals surface area contributed by atoms with Crippen molar-refractivity contribution in [1.29, 1.82) is 0 Å². The highest BCUT2D eigenvalue weighted by atomic mass is 16.1. The van der Waals surface area contributed by atoms with E-state index in [1.807, 2.05) is 13.8 Å². The van der Waals surface area contributed by atoms with Crippen LogP contribution in [-0.2, 0) is 4.79 Å². The quantitative estimate of drug-likeness (QED) is 0.504. The van der Waals surface area contributed by atoms with Crippen molar-refractivity contribution < 1.29 is 4.79 Å². The second-order valence-electron chi connectivity index (χ2n) is 6.14. The zero-order valence-corrected chi connectivity index (χ0v) is 11.4. The predicted octanol–water partition coefficient (Wildman–Crippen LogP) is 4.15. The summed E-state index contributed by atoms with van der Waals surface area (Å²) in [5.41, 5.74) is 2.42. The third-order valence-electron chi connectivity index (χ3n) is 3.35. The molecule has 0 aliphatic heterocycles. The van der Waals surface area contributed by atoms with Crippen LogP contribution in [0.1, 0.15) is 48.0 Å². The van der Waals surface area contributed by atoms with Crippen LogP contribution in [0.2, 0.25) is 0 Å². The normalized spacial score (nSPS) is 28.2. The molecule has 0 spiro atoms. The molecule has 0 bridgehead atoms. The van der Waals surface area contributed by atoms with Crippen LogP contribution in [0, 0.1) is 17.3 Å². The van der Waals surface area contributed by atoms with E-state index in [0.717, 1.165) is 12.0 Å². The van der Waals surface area contributed by atoms with Crippen LogP contribution in [0.3, 0.4) is 0 Å². The Bertz CT molecular complexity index is 340. The van der Waals surface area contributed by atoms with E-state index in [0.29, 0.717) is 5.92 Å². The van der Waals surface area contributed by atoms with E-state index in [4.69, 9.17) is 0 Å². The smallest absolute Gasteiger partial charge is 0.163 e. The summed E-state index contributed by atoms with van der Waals surface area (Å²) in [6.07, 6.45) is 5.14. The highest BCUT2D eigenvalue weighted by Crippen LogP contribution is 2.43. The Kier molecular flexibility index (Phi) is 3.77. The fourth-order valence-corrected chi connectivity index (χ4v) is 3.15. The minimum Gasteiger partial charge on any atom is -0.294 e. The van der Waals surface area contributed by atoms with Crippen molar-refractivity contribution in [2.45, 2.75) is 48.0 Å². The summed E-state index contributed by atoms with van der Waals surface area (Å²) in [5, 5.41) is 0. The van der Waals surface area contributed by atoms with Crippen molar-refractivity contribution in [3.05, 3.63) is 23.3 Å². The van der Waals surface area contributed by atoms with Gasteiger partial charge in [0.2, 0.25) is 0 Å². The number of hydrogen-bond acceptors (Lipinski definition) is 1. The Hall–Kier alpha value is -0.850. The van der Waals surface area contributed by atoms with Crippen LogP contribution in [0.15, 0.2) is 23.3 Å². The molecule has 2 atom stereocenters. The molecule has 0 aromatic rings. The van der Waals surface area contributed by atoms with Crippen LogP contribution in [0.25, 0.3) is 0 Å². The van der Waals surface area contributed by atoms with Crippen LogP contribution in [0.5, 0.6) is 0 Å². The molecule has 0 amide bonds. The lowest BCUT2D eigenvalue weighted by Crippen LogP contribution is -2.35. The SMILES string of the molecule is CC(C)=CC(=O)C1C(C)=CC(C)CC1(C)C. The van der Waals surface area contributed by atoms with Crippen molar-refractivity contribution in [1.82, 2.24) is 0 Å². The summed E-state index contributed by atoms with van der Waals surface area (Å²) in [6, 6.07) is 0. The molecule has 1 aliphatic rings. The van der Waals surface area contributed by atoms with Crippen molar-refractivity contribution in [2.24, 2.45) is 17.3 Å². The fourth-order valence-electron chi connectivity index (χ4n) is 3.15. The largest absolute Gasteiger partial charge is 0.294 e. The average Bonchev–Trinajstić information content (AvgIpc) is 1.96. The molecule has 0 saturated heterocycles. The molecular formula is C15H24O. The summed E-state index contributed by atoms with van der Waals surface area (Å²) in [7, 11) is 0. The van der Waals surface area contributed by atoms with Crippen LogP contribution in [-0.4, -0.2) is 5.78 Å². The van der Waals surface area contributed by atoms with Crippen molar-refractivity contribution >= 4 is 5.78 Å². The van der Waals surface area contributed by atoms with E-state index < -0.39 is 0 Å². The first-order valence-corrected chi connectivity index (χ1v) is 6.11. The molecule has 16 heavy (non-hydrogen) atoms. The second kappa shape index (κ2) is 4.57. The maximum atomic E-state index is 12.2. The Morgan fingerprint density at radius 3 is 2.44 bits per heavy atom. The first-order valence-electron chi connectivity index (χ1n) is 6.11. The van der Waals surface area contributed by atoms with Gasteiger partial charge in [-0.15, -0.1) is 0 Å². The van der Waals surface area contributed by atoms with Gasteiger partial charge in [-0.1, -0.05) is 38.0 Å². The van der Waals surface area contributed by atoms with Gasteiger partial charge in [0.1, 0.15) is 0 Å². The molecule has 2 unspecified atom stereocenters. The molecule has 1 aliphatic carbocycles. The minimum absolute atomic E-state index is 0.0681. The summed E-state index contributed by atoms with van der Waals surface area (Å²) in [4.78, 5) is 12.2. The molecule has 90 valence electrons. The Morgan fingerprint density at radius 2 is 2.00 bits per heavy atom. The Labute approximate surface area is 99.6 Å². The van der Waals surface area contributed by atoms with Gasteiger partial charge in [-0.05, 0) is 44.6 Å². The van der Waals surface area contributed by atoms with E-state index in [-0.39, 0.29) is 17.1 Å².